The third-order valence-electron chi connectivity index (χ3n) is 4.75. The van der Waals surface area contributed by atoms with E-state index in [-0.39, 0.29) is 6.04 Å². The number of aryl methyl sites for hydroxylation is 1. The predicted octanol–water partition coefficient (Wildman–Crippen LogP) is 3.84. The van der Waals surface area contributed by atoms with Crippen LogP contribution < -0.4 is 0 Å². The molecule has 0 saturated carbocycles. The molecule has 2 aromatic rings. The number of nitrogens with zero attached hydrogens (tertiary/aromatic N) is 1. The van der Waals surface area contributed by atoms with Crippen LogP contribution in [0.15, 0.2) is 65.3 Å². The van der Waals surface area contributed by atoms with E-state index in [1.165, 1.54) is 4.31 Å². The molecule has 0 saturated heterocycles. The molecule has 132 valence electrons. The van der Waals surface area contributed by atoms with E-state index in [2.05, 4.69) is 0 Å². The minimum atomic E-state index is -3.57. The minimum absolute atomic E-state index is 0.233. The maximum atomic E-state index is 13.1. The highest BCUT2D eigenvalue weighted by Crippen LogP contribution is 2.38. The van der Waals surface area contributed by atoms with Gasteiger partial charge >= 0.3 is 0 Å². The highest BCUT2D eigenvalue weighted by Gasteiger charge is 2.36. The Bertz CT molecular complexity index is 871. The number of allylic oxidation sites excluding steroid dienone is 1. The fraction of sp³-hybridized carbons (Fsp3) is 0.300. The molecule has 0 aromatic heterocycles. The summed E-state index contributed by atoms with van der Waals surface area (Å²) in [6.07, 6.45) is 1.45. The van der Waals surface area contributed by atoms with Gasteiger partial charge < -0.3 is 4.74 Å². The number of hydrogen-bond donors (Lipinski definition) is 0. The van der Waals surface area contributed by atoms with E-state index in [1.54, 1.807) is 26.3 Å². The molecule has 0 radical (unpaired) electrons. The first-order valence-corrected chi connectivity index (χ1v) is 9.76. The summed E-state index contributed by atoms with van der Waals surface area (Å²) in [4.78, 5) is 0.318. The Labute approximate surface area is 149 Å². The van der Waals surface area contributed by atoms with Gasteiger partial charge in [-0.1, -0.05) is 48.0 Å². The van der Waals surface area contributed by atoms with Gasteiger partial charge in [-0.15, -0.1) is 0 Å². The van der Waals surface area contributed by atoms with Gasteiger partial charge in [-0.25, -0.2) is 8.42 Å². The number of benzene rings is 2. The molecule has 0 fully saturated rings. The molecule has 3 rings (SSSR count). The zero-order chi connectivity index (χ0) is 18.0. The van der Waals surface area contributed by atoms with Gasteiger partial charge in [-0.2, -0.15) is 4.31 Å². The summed E-state index contributed by atoms with van der Waals surface area (Å²) in [7, 11) is -0.266. The number of sulfonamides is 1. The molecule has 1 aliphatic carbocycles. The lowest BCUT2D eigenvalue weighted by Gasteiger charge is -2.26. The van der Waals surface area contributed by atoms with Gasteiger partial charge in [0.2, 0.25) is 10.0 Å². The first-order chi connectivity index (χ1) is 11.9. The normalized spacial score (nSPS) is 18.0. The molecule has 0 N–H and O–H groups in total. The quantitative estimate of drug-likeness (QED) is 0.817. The monoisotopic (exact) mass is 357 g/mol. The Morgan fingerprint density at radius 3 is 2.28 bits per heavy atom. The maximum absolute atomic E-state index is 13.1. The van der Waals surface area contributed by atoms with Gasteiger partial charge in [0.15, 0.2) is 0 Å². The summed E-state index contributed by atoms with van der Waals surface area (Å²) in [6, 6.07) is 16.6. The SMILES string of the molecule is COC1=C(c2ccccc2)C(N(C)S(=O)(=O)c2ccc(C)cc2)CC1. The van der Waals surface area contributed by atoms with Crippen molar-refractivity contribution in [1.82, 2.24) is 4.31 Å². The summed E-state index contributed by atoms with van der Waals surface area (Å²) in [5, 5.41) is 0. The summed E-state index contributed by atoms with van der Waals surface area (Å²) < 4.78 is 33.2. The van der Waals surface area contributed by atoms with Crippen LogP contribution in [0.5, 0.6) is 0 Å². The van der Waals surface area contributed by atoms with Crippen molar-refractivity contribution in [3.8, 4) is 0 Å². The van der Waals surface area contributed by atoms with E-state index >= 15 is 0 Å². The van der Waals surface area contributed by atoms with Crippen molar-refractivity contribution in [1.29, 1.82) is 0 Å². The van der Waals surface area contributed by atoms with Gasteiger partial charge in [-0.05, 0) is 31.0 Å². The Kier molecular flexibility index (Phi) is 4.97. The molecule has 0 spiro atoms. The molecule has 25 heavy (non-hydrogen) atoms. The second-order valence-corrected chi connectivity index (χ2v) is 8.29. The van der Waals surface area contributed by atoms with Gasteiger partial charge in [0, 0.05) is 19.0 Å². The molecule has 5 heteroatoms. The Morgan fingerprint density at radius 1 is 1.04 bits per heavy atom. The molecule has 2 aromatic carbocycles. The highest BCUT2D eigenvalue weighted by atomic mass is 32.2. The van der Waals surface area contributed by atoms with Gasteiger partial charge in [-0.3, -0.25) is 0 Å². The molecule has 1 unspecified atom stereocenters. The predicted molar refractivity (Wildman–Crippen MR) is 99.5 cm³/mol. The fourth-order valence-corrected chi connectivity index (χ4v) is 4.68. The summed E-state index contributed by atoms with van der Waals surface area (Å²) in [5.74, 6) is 0.863. The van der Waals surface area contributed by atoms with Crippen LogP contribution in [-0.4, -0.2) is 32.9 Å². The standard InChI is InChI=1S/C20H23NO3S/c1-15-9-11-17(12-10-15)25(22,23)21(2)18-13-14-19(24-3)20(18)16-7-5-4-6-8-16/h4-12,18H,13-14H2,1-3H3. The van der Waals surface area contributed by atoms with Crippen molar-refractivity contribution in [2.75, 3.05) is 14.2 Å². The average Bonchev–Trinajstić information content (AvgIpc) is 3.06. The number of rotatable bonds is 5. The van der Waals surface area contributed by atoms with Gasteiger partial charge in [0.05, 0.1) is 18.0 Å². The number of likely N-dealkylation sites (N-methyl/N-ethyl adjacent to an activating group) is 1. The highest BCUT2D eigenvalue weighted by molar-refractivity contribution is 7.89. The van der Waals surface area contributed by atoms with Crippen LogP contribution >= 0.6 is 0 Å². The first kappa shape index (κ1) is 17.7. The second kappa shape index (κ2) is 7.02. The molecular weight excluding hydrogens is 334 g/mol. The van der Waals surface area contributed by atoms with Crippen molar-refractivity contribution in [2.45, 2.75) is 30.7 Å². The lowest BCUT2D eigenvalue weighted by atomic mass is 10.0. The van der Waals surface area contributed by atoms with Crippen molar-refractivity contribution in [3.05, 3.63) is 71.5 Å². The number of ether oxygens (including phenoxy) is 1. The van der Waals surface area contributed by atoms with Crippen LogP contribution in [0.3, 0.4) is 0 Å². The van der Waals surface area contributed by atoms with E-state index in [0.717, 1.165) is 35.3 Å². The number of hydrogen-bond acceptors (Lipinski definition) is 3. The largest absolute Gasteiger partial charge is 0.501 e. The third-order valence-corrected chi connectivity index (χ3v) is 6.63. The molecule has 1 atom stereocenters. The minimum Gasteiger partial charge on any atom is -0.501 e. The van der Waals surface area contributed by atoms with Crippen molar-refractivity contribution >= 4 is 15.6 Å². The van der Waals surface area contributed by atoms with Crippen LogP contribution in [0.4, 0.5) is 0 Å². The average molecular weight is 357 g/mol. The number of methoxy groups -OCH3 is 1. The van der Waals surface area contributed by atoms with Crippen LogP contribution in [0.25, 0.3) is 5.57 Å². The lowest BCUT2D eigenvalue weighted by molar-refractivity contribution is 0.284. The zero-order valence-corrected chi connectivity index (χ0v) is 15.6. The molecule has 1 aliphatic rings. The van der Waals surface area contributed by atoms with E-state index in [9.17, 15) is 8.42 Å². The Hall–Kier alpha value is -2.11. The molecule has 0 bridgehead atoms. The van der Waals surface area contributed by atoms with E-state index < -0.39 is 10.0 Å². The van der Waals surface area contributed by atoms with Crippen LogP contribution in [0.2, 0.25) is 0 Å². The van der Waals surface area contributed by atoms with Crippen LogP contribution in [0, 0.1) is 6.92 Å². The fourth-order valence-electron chi connectivity index (χ4n) is 3.32. The van der Waals surface area contributed by atoms with Crippen LogP contribution in [0.1, 0.15) is 24.0 Å². The summed E-state index contributed by atoms with van der Waals surface area (Å²) in [6.45, 7) is 1.94. The van der Waals surface area contributed by atoms with Crippen molar-refractivity contribution in [3.63, 3.8) is 0 Å². The molecule has 0 amide bonds. The topological polar surface area (TPSA) is 46.6 Å². The van der Waals surface area contributed by atoms with E-state index in [4.69, 9.17) is 4.74 Å². The van der Waals surface area contributed by atoms with Gasteiger partial charge in [0.1, 0.15) is 5.76 Å². The first-order valence-electron chi connectivity index (χ1n) is 8.32. The van der Waals surface area contributed by atoms with Crippen molar-refractivity contribution in [2.24, 2.45) is 0 Å². The molecule has 0 heterocycles. The maximum Gasteiger partial charge on any atom is 0.243 e. The molecule has 4 nitrogen and oxygen atoms in total. The summed E-state index contributed by atoms with van der Waals surface area (Å²) in [5.41, 5.74) is 3.00. The van der Waals surface area contributed by atoms with Gasteiger partial charge in [0.25, 0.3) is 0 Å². The Morgan fingerprint density at radius 2 is 1.68 bits per heavy atom. The summed E-state index contributed by atoms with van der Waals surface area (Å²) >= 11 is 0. The van der Waals surface area contributed by atoms with E-state index in [1.807, 2.05) is 49.4 Å². The van der Waals surface area contributed by atoms with Crippen LogP contribution in [-0.2, 0) is 14.8 Å². The lowest BCUT2D eigenvalue weighted by Crippen LogP contribution is -2.36. The smallest absolute Gasteiger partial charge is 0.243 e. The Balaban J connectivity index is 2.00. The molecule has 0 aliphatic heterocycles. The molecular formula is C20H23NO3S. The zero-order valence-electron chi connectivity index (χ0n) is 14.8. The van der Waals surface area contributed by atoms with Crippen molar-refractivity contribution < 1.29 is 13.2 Å². The van der Waals surface area contributed by atoms with E-state index in [0.29, 0.717) is 4.90 Å². The second-order valence-electron chi connectivity index (χ2n) is 6.30. The third kappa shape index (κ3) is 3.34.